The molecule has 0 aromatic heterocycles. The van der Waals surface area contributed by atoms with Gasteiger partial charge in [-0.3, -0.25) is 9.59 Å². The summed E-state index contributed by atoms with van der Waals surface area (Å²) in [5, 5.41) is 11.9. The predicted octanol–water partition coefficient (Wildman–Crippen LogP) is 0.696. The average Bonchev–Trinajstić information content (AvgIpc) is 2.63. The summed E-state index contributed by atoms with van der Waals surface area (Å²) in [6, 6.07) is 0.239. The Morgan fingerprint density at radius 3 is 2.53 bits per heavy atom. The second-order valence-electron chi connectivity index (χ2n) is 4.91. The van der Waals surface area contributed by atoms with Crippen molar-refractivity contribution in [3.63, 3.8) is 0 Å². The summed E-state index contributed by atoms with van der Waals surface area (Å²) in [6.07, 6.45) is 0.856. The fourth-order valence-corrected chi connectivity index (χ4v) is 2.25. The molecule has 2 atom stereocenters. The SMILES string of the molecule is CC1NCCC1C(=O)N(CCC(=O)O)C(C)C. The first-order valence-corrected chi connectivity index (χ1v) is 6.19. The van der Waals surface area contributed by atoms with Gasteiger partial charge in [0, 0.05) is 18.6 Å². The number of rotatable bonds is 5. The van der Waals surface area contributed by atoms with Crippen molar-refractivity contribution in [3.8, 4) is 0 Å². The molecule has 1 aliphatic heterocycles. The van der Waals surface area contributed by atoms with Gasteiger partial charge in [0.05, 0.1) is 12.3 Å². The van der Waals surface area contributed by atoms with Gasteiger partial charge in [-0.1, -0.05) is 0 Å². The van der Waals surface area contributed by atoms with Crippen molar-refractivity contribution in [1.82, 2.24) is 10.2 Å². The maximum Gasteiger partial charge on any atom is 0.305 e. The van der Waals surface area contributed by atoms with Gasteiger partial charge >= 0.3 is 5.97 Å². The molecule has 1 rings (SSSR count). The van der Waals surface area contributed by atoms with Crippen molar-refractivity contribution >= 4 is 11.9 Å². The lowest BCUT2D eigenvalue weighted by Gasteiger charge is -2.30. The third-order valence-electron chi connectivity index (χ3n) is 3.32. The van der Waals surface area contributed by atoms with Crippen LogP contribution in [0.25, 0.3) is 0 Å². The predicted molar refractivity (Wildman–Crippen MR) is 64.7 cm³/mol. The van der Waals surface area contributed by atoms with Crippen LogP contribution in [-0.2, 0) is 9.59 Å². The van der Waals surface area contributed by atoms with Crippen LogP contribution < -0.4 is 5.32 Å². The molecular weight excluding hydrogens is 220 g/mol. The summed E-state index contributed by atoms with van der Waals surface area (Å²) in [7, 11) is 0. The van der Waals surface area contributed by atoms with E-state index in [0.29, 0.717) is 6.54 Å². The Kier molecular flexibility index (Phi) is 4.93. The first-order valence-electron chi connectivity index (χ1n) is 6.19. The maximum absolute atomic E-state index is 12.3. The van der Waals surface area contributed by atoms with Gasteiger partial charge in [-0.2, -0.15) is 0 Å². The summed E-state index contributed by atoms with van der Waals surface area (Å²) in [4.78, 5) is 24.6. The van der Waals surface area contributed by atoms with Crippen LogP contribution in [0.3, 0.4) is 0 Å². The van der Waals surface area contributed by atoms with Gasteiger partial charge in [0.2, 0.25) is 5.91 Å². The standard InChI is InChI=1S/C12H22N2O3/c1-8(2)14(7-5-11(15)16)12(17)10-4-6-13-9(10)3/h8-10,13H,4-7H2,1-3H3,(H,15,16). The lowest BCUT2D eigenvalue weighted by molar-refractivity contribution is -0.140. The van der Waals surface area contributed by atoms with Crippen LogP contribution >= 0.6 is 0 Å². The monoisotopic (exact) mass is 242 g/mol. The fraction of sp³-hybridized carbons (Fsp3) is 0.833. The zero-order valence-corrected chi connectivity index (χ0v) is 10.8. The van der Waals surface area contributed by atoms with Gasteiger partial charge in [0.25, 0.3) is 0 Å². The van der Waals surface area contributed by atoms with Gasteiger partial charge in [0.1, 0.15) is 0 Å². The highest BCUT2D eigenvalue weighted by Gasteiger charge is 2.33. The normalized spacial score (nSPS) is 24.0. The number of carbonyl (C=O) groups is 2. The number of aliphatic carboxylic acids is 1. The zero-order valence-electron chi connectivity index (χ0n) is 10.8. The third-order valence-corrected chi connectivity index (χ3v) is 3.32. The molecule has 5 heteroatoms. The fourth-order valence-electron chi connectivity index (χ4n) is 2.25. The van der Waals surface area contributed by atoms with Gasteiger partial charge in [-0.15, -0.1) is 0 Å². The molecule has 2 unspecified atom stereocenters. The summed E-state index contributed by atoms with van der Waals surface area (Å²) in [6.45, 7) is 7.02. The molecule has 5 nitrogen and oxygen atoms in total. The van der Waals surface area contributed by atoms with Crippen LogP contribution in [0.1, 0.15) is 33.6 Å². The van der Waals surface area contributed by atoms with Crippen molar-refractivity contribution in [2.24, 2.45) is 5.92 Å². The number of nitrogens with one attached hydrogen (secondary N) is 1. The van der Waals surface area contributed by atoms with Crippen LogP contribution in [-0.4, -0.2) is 47.1 Å². The van der Waals surface area contributed by atoms with E-state index in [4.69, 9.17) is 5.11 Å². The Labute approximate surface area is 102 Å². The molecule has 0 spiro atoms. The number of hydrogen-bond acceptors (Lipinski definition) is 3. The van der Waals surface area contributed by atoms with Gasteiger partial charge < -0.3 is 15.3 Å². The highest BCUT2D eigenvalue weighted by Crippen LogP contribution is 2.19. The first kappa shape index (κ1) is 14.0. The molecule has 98 valence electrons. The summed E-state index contributed by atoms with van der Waals surface area (Å²) >= 11 is 0. The van der Waals surface area contributed by atoms with Gasteiger partial charge in [-0.25, -0.2) is 0 Å². The molecular formula is C12H22N2O3. The highest BCUT2D eigenvalue weighted by atomic mass is 16.4. The lowest BCUT2D eigenvalue weighted by atomic mass is 9.99. The van der Waals surface area contributed by atoms with E-state index in [-0.39, 0.29) is 30.3 Å². The molecule has 0 saturated carbocycles. The van der Waals surface area contributed by atoms with Crippen molar-refractivity contribution in [2.75, 3.05) is 13.1 Å². The minimum atomic E-state index is -0.860. The van der Waals surface area contributed by atoms with Crippen molar-refractivity contribution < 1.29 is 14.7 Å². The summed E-state index contributed by atoms with van der Waals surface area (Å²) in [5.41, 5.74) is 0. The first-order chi connectivity index (χ1) is 7.93. The van der Waals surface area contributed by atoms with Crippen molar-refractivity contribution in [3.05, 3.63) is 0 Å². The molecule has 0 radical (unpaired) electrons. The molecule has 0 aromatic carbocycles. The minimum absolute atomic E-state index is 0.00815. The number of nitrogens with zero attached hydrogens (tertiary/aromatic N) is 1. The zero-order chi connectivity index (χ0) is 13.0. The molecule has 1 fully saturated rings. The van der Waals surface area contributed by atoms with E-state index in [1.54, 1.807) is 4.90 Å². The minimum Gasteiger partial charge on any atom is -0.481 e. The van der Waals surface area contributed by atoms with Crippen LogP contribution in [0.4, 0.5) is 0 Å². The Bertz CT molecular complexity index is 291. The molecule has 17 heavy (non-hydrogen) atoms. The molecule has 1 heterocycles. The number of carboxylic acids is 1. The molecule has 0 aliphatic carbocycles. The van der Waals surface area contributed by atoms with Crippen molar-refractivity contribution in [1.29, 1.82) is 0 Å². The second-order valence-corrected chi connectivity index (χ2v) is 4.91. The molecule has 0 aromatic rings. The number of carbonyl (C=O) groups excluding carboxylic acids is 1. The van der Waals surface area contributed by atoms with Crippen LogP contribution in [0, 0.1) is 5.92 Å². The number of carboxylic acid groups (broad SMARTS) is 1. The summed E-state index contributed by atoms with van der Waals surface area (Å²) in [5.74, 6) is -0.786. The van der Waals surface area contributed by atoms with Crippen molar-refractivity contribution in [2.45, 2.75) is 45.7 Å². The largest absolute Gasteiger partial charge is 0.481 e. The number of amides is 1. The molecule has 2 N–H and O–H groups in total. The average molecular weight is 242 g/mol. The van der Waals surface area contributed by atoms with E-state index in [9.17, 15) is 9.59 Å². The van der Waals surface area contributed by atoms with E-state index < -0.39 is 5.97 Å². The molecule has 1 saturated heterocycles. The Balaban J connectivity index is 2.63. The highest BCUT2D eigenvalue weighted by molar-refractivity contribution is 5.80. The van der Waals surface area contributed by atoms with E-state index >= 15 is 0 Å². The van der Waals surface area contributed by atoms with Crippen LogP contribution in [0.2, 0.25) is 0 Å². The second kappa shape index (κ2) is 6.00. The van der Waals surface area contributed by atoms with E-state index in [0.717, 1.165) is 13.0 Å². The summed E-state index contributed by atoms with van der Waals surface area (Å²) < 4.78 is 0. The molecule has 1 amide bonds. The lowest BCUT2D eigenvalue weighted by Crippen LogP contribution is -2.44. The quantitative estimate of drug-likeness (QED) is 0.744. The van der Waals surface area contributed by atoms with Gasteiger partial charge in [0.15, 0.2) is 0 Å². The third kappa shape index (κ3) is 3.70. The molecule has 0 bridgehead atoms. The van der Waals surface area contributed by atoms with Crippen LogP contribution in [0.5, 0.6) is 0 Å². The van der Waals surface area contributed by atoms with E-state index in [1.807, 2.05) is 20.8 Å². The van der Waals surface area contributed by atoms with Gasteiger partial charge in [-0.05, 0) is 33.7 Å². The van der Waals surface area contributed by atoms with E-state index in [1.165, 1.54) is 0 Å². The van der Waals surface area contributed by atoms with E-state index in [2.05, 4.69) is 5.32 Å². The maximum atomic E-state index is 12.3. The Morgan fingerprint density at radius 1 is 1.47 bits per heavy atom. The molecule has 1 aliphatic rings. The smallest absolute Gasteiger partial charge is 0.305 e. The topological polar surface area (TPSA) is 69.6 Å². The Morgan fingerprint density at radius 2 is 2.12 bits per heavy atom. The Hall–Kier alpha value is -1.10. The number of hydrogen-bond donors (Lipinski definition) is 2. The van der Waals surface area contributed by atoms with Crippen LogP contribution in [0.15, 0.2) is 0 Å².